The number of nitrogens with zero attached hydrogens (tertiary/aromatic N) is 1. The van der Waals surface area contributed by atoms with Crippen LogP contribution in [0.15, 0.2) is 53.6 Å². The maximum absolute atomic E-state index is 12.7. The van der Waals surface area contributed by atoms with Crippen LogP contribution in [0.25, 0.3) is 0 Å². The summed E-state index contributed by atoms with van der Waals surface area (Å²) in [6.45, 7) is 1.73. The van der Waals surface area contributed by atoms with E-state index in [0.29, 0.717) is 11.3 Å². The van der Waals surface area contributed by atoms with Gasteiger partial charge < -0.3 is 5.11 Å². The highest BCUT2D eigenvalue weighted by Crippen LogP contribution is 2.10. The second kappa shape index (κ2) is 5.97. The molecule has 0 spiro atoms. The Kier molecular flexibility index (Phi) is 4.10. The summed E-state index contributed by atoms with van der Waals surface area (Å²) in [4.78, 5) is 11.8. The molecule has 0 aliphatic heterocycles. The summed E-state index contributed by atoms with van der Waals surface area (Å²) >= 11 is 0. The van der Waals surface area contributed by atoms with Crippen molar-refractivity contribution in [3.05, 3.63) is 65.5 Å². The zero-order valence-corrected chi connectivity index (χ0v) is 10.8. The van der Waals surface area contributed by atoms with Crippen LogP contribution >= 0.6 is 0 Å². The van der Waals surface area contributed by atoms with E-state index in [4.69, 9.17) is 0 Å². The first kappa shape index (κ1) is 13.7. The highest BCUT2D eigenvalue weighted by atomic mass is 19.1. The van der Waals surface area contributed by atoms with E-state index in [2.05, 4.69) is 10.5 Å². The second-order valence-electron chi connectivity index (χ2n) is 4.19. The average molecular weight is 272 g/mol. The minimum Gasteiger partial charge on any atom is -0.508 e. The van der Waals surface area contributed by atoms with E-state index < -0.39 is 11.7 Å². The number of halogens is 1. The number of hydrazone groups is 1. The lowest BCUT2D eigenvalue weighted by molar-refractivity contribution is 0.0955. The molecular formula is C15H13FN2O2. The summed E-state index contributed by atoms with van der Waals surface area (Å²) in [5.74, 6) is -0.648. The lowest BCUT2D eigenvalue weighted by Gasteiger charge is -2.03. The van der Waals surface area contributed by atoms with Gasteiger partial charge in [-0.15, -0.1) is 0 Å². The molecular weight excluding hydrogens is 259 g/mol. The topological polar surface area (TPSA) is 61.7 Å². The van der Waals surface area contributed by atoms with Crippen LogP contribution in [-0.2, 0) is 0 Å². The van der Waals surface area contributed by atoms with Gasteiger partial charge in [-0.1, -0.05) is 0 Å². The maximum Gasteiger partial charge on any atom is 0.271 e. The van der Waals surface area contributed by atoms with Gasteiger partial charge in [0.05, 0.1) is 5.71 Å². The molecule has 0 radical (unpaired) electrons. The lowest BCUT2D eigenvalue weighted by Crippen LogP contribution is -2.19. The molecule has 0 unspecified atom stereocenters. The average Bonchev–Trinajstić information content (AvgIpc) is 2.46. The van der Waals surface area contributed by atoms with Gasteiger partial charge in [0.25, 0.3) is 5.91 Å². The van der Waals surface area contributed by atoms with Crippen molar-refractivity contribution in [2.75, 3.05) is 0 Å². The maximum atomic E-state index is 12.7. The summed E-state index contributed by atoms with van der Waals surface area (Å²) in [7, 11) is 0. The van der Waals surface area contributed by atoms with Gasteiger partial charge in [0.2, 0.25) is 0 Å². The molecule has 5 heteroatoms. The number of carbonyl (C=O) groups excluding carboxylic acids is 1. The number of carbonyl (C=O) groups is 1. The first-order chi connectivity index (χ1) is 9.56. The van der Waals surface area contributed by atoms with Gasteiger partial charge in [0.15, 0.2) is 0 Å². The van der Waals surface area contributed by atoms with Crippen molar-refractivity contribution in [2.45, 2.75) is 6.92 Å². The molecule has 102 valence electrons. The van der Waals surface area contributed by atoms with E-state index in [1.54, 1.807) is 19.1 Å². The van der Waals surface area contributed by atoms with Crippen molar-refractivity contribution in [3.63, 3.8) is 0 Å². The molecule has 2 N–H and O–H groups in total. The summed E-state index contributed by atoms with van der Waals surface area (Å²) in [5, 5.41) is 13.2. The summed E-state index contributed by atoms with van der Waals surface area (Å²) < 4.78 is 12.7. The molecule has 0 saturated carbocycles. The molecule has 1 amide bonds. The number of amides is 1. The molecule has 0 bridgehead atoms. The molecule has 0 fully saturated rings. The van der Waals surface area contributed by atoms with Gasteiger partial charge in [-0.3, -0.25) is 4.79 Å². The first-order valence-corrected chi connectivity index (χ1v) is 5.96. The van der Waals surface area contributed by atoms with E-state index >= 15 is 0 Å². The number of rotatable bonds is 3. The van der Waals surface area contributed by atoms with E-state index in [9.17, 15) is 14.3 Å². The predicted molar refractivity (Wildman–Crippen MR) is 74.2 cm³/mol. The minimum absolute atomic E-state index is 0.164. The fourth-order valence-electron chi connectivity index (χ4n) is 1.57. The van der Waals surface area contributed by atoms with Gasteiger partial charge in [-0.25, -0.2) is 9.82 Å². The van der Waals surface area contributed by atoms with E-state index in [1.807, 2.05) is 0 Å². The SMILES string of the molecule is C/C(=N\NC(=O)c1ccc(F)cc1)c1ccc(O)cc1. The Balaban J connectivity index is 2.06. The first-order valence-electron chi connectivity index (χ1n) is 5.96. The number of phenols is 1. The van der Waals surface area contributed by atoms with Crippen molar-refractivity contribution < 1.29 is 14.3 Å². The van der Waals surface area contributed by atoms with Crippen LogP contribution in [0, 0.1) is 5.82 Å². The van der Waals surface area contributed by atoms with Crippen LogP contribution in [0.1, 0.15) is 22.8 Å². The number of hydrogen-bond acceptors (Lipinski definition) is 3. The zero-order valence-electron chi connectivity index (χ0n) is 10.8. The second-order valence-corrected chi connectivity index (χ2v) is 4.19. The van der Waals surface area contributed by atoms with Crippen molar-refractivity contribution in [2.24, 2.45) is 5.10 Å². The van der Waals surface area contributed by atoms with Crippen LogP contribution in [0.2, 0.25) is 0 Å². The Labute approximate surface area is 115 Å². The Hall–Kier alpha value is -2.69. The monoisotopic (exact) mass is 272 g/mol. The minimum atomic E-state index is -0.414. The van der Waals surface area contributed by atoms with E-state index in [0.717, 1.165) is 5.56 Å². The Bertz CT molecular complexity index is 634. The number of benzene rings is 2. The number of nitrogens with one attached hydrogen (secondary N) is 1. The molecule has 0 saturated heterocycles. The summed E-state index contributed by atoms with van der Waals surface area (Å²) in [6, 6.07) is 11.7. The Morgan fingerprint density at radius 2 is 1.60 bits per heavy atom. The molecule has 0 aromatic heterocycles. The zero-order chi connectivity index (χ0) is 14.5. The smallest absolute Gasteiger partial charge is 0.271 e. The summed E-state index contributed by atoms with van der Waals surface area (Å²) in [6.07, 6.45) is 0. The molecule has 0 heterocycles. The molecule has 20 heavy (non-hydrogen) atoms. The highest BCUT2D eigenvalue weighted by molar-refractivity contribution is 6.00. The van der Waals surface area contributed by atoms with Crippen molar-refractivity contribution in [3.8, 4) is 5.75 Å². The molecule has 0 atom stereocenters. The van der Waals surface area contributed by atoms with Crippen molar-refractivity contribution in [1.29, 1.82) is 0 Å². The fourth-order valence-corrected chi connectivity index (χ4v) is 1.57. The molecule has 4 nitrogen and oxygen atoms in total. The van der Waals surface area contributed by atoms with Gasteiger partial charge in [0, 0.05) is 5.56 Å². The largest absolute Gasteiger partial charge is 0.508 e. The van der Waals surface area contributed by atoms with Crippen molar-refractivity contribution >= 4 is 11.6 Å². The normalized spacial score (nSPS) is 11.2. The fraction of sp³-hybridized carbons (Fsp3) is 0.0667. The van der Waals surface area contributed by atoms with Crippen LogP contribution in [0.4, 0.5) is 4.39 Å². The molecule has 2 aromatic rings. The number of hydrogen-bond donors (Lipinski definition) is 2. The molecule has 2 rings (SSSR count). The van der Waals surface area contributed by atoms with Gasteiger partial charge in [0.1, 0.15) is 11.6 Å². The third-order valence-corrected chi connectivity index (χ3v) is 2.72. The standard InChI is InChI=1S/C15H13FN2O2/c1-10(11-4-8-14(19)9-5-11)17-18-15(20)12-2-6-13(16)7-3-12/h2-9,19H,1H3,(H,18,20)/b17-10+. The summed E-state index contributed by atoms with van der Waals surface area (Å²) in [5.41, 5.74) is 4.10. The van der Waals surface area contributed by atoms with Crippen LogP contribution in [0.5, 0.6) is 5.75 Å². The molecule has 2 aromatic carbocycles. The number of aromatic hydroxyl groups is 1. The Morgan fingerprint density at radius 1 is 1.05 bits per heavy atom. The van der Waals surface area contributed by atoms with Gasteiger partial charge >= 0.3 is 0 Å². The van der Waals surface area contributed by atoms with Crippen LogP contribution in [0.3, 0.4) is 0 Å². The highest BCUT2D eigenvalue weighted by Gasteiger charge is 2.05. The molecule has 0 aliphatic rings. The number of phenolic OH excluding ortho intramolecular Hbond substituents is 1. The molecule has 0 aliphatic carbocycles. The van der Waals surface area contributed by atoms with E-state index in [1.165, 1.54) is 36.4 Å². The third kappa shape index (κ3) is 3.41. The van der Waals surface area contributed by atoms with Crippen LogP contribution in [-0.4, -0.2) is 16.7 Å². The van der Waals surface area contributed by atoms with Gasteiger partial charge in [-0.05, 0) is 61.0 Å². The van der Waals surface area contributed by atoms with Gasteiger partial charge in [-0.2, -0.15) is 5.10 Å². The van der Waals surface area contributed by atoms with E-state index in [-0.39, 0.29) is 5.75 Å². The Morgan fingerprint density at radius 3 is 2.20 bits per heavy atom. The third-order valence-electron chi connectivity index (χ3n) is 2.72. The quantitative estimate of drug-likeness (QED) is 0.666. The van der Waals surface area contributed by atoms with Crippen LogP contribution < -0.4 is 5.43 Å². The predicted octanol–water partition coefficient (Wildman–Crippen LogP) is 2.69. The van der Waals surface area contributed by atoms with Crippen molar-refractivity contribution in [1.82, 2.24) is 5.43 Å². The lowest BCUT2D eigenvalue weighted by atomic mass is 10.1.